The summed E-state index contributed by atoms with van der Waals surface area (Å²) in [4.78, 5) is 19.2. The number of hydrogen-bond acceptors (Lipinski definition) is 6. The number of hydrogen-bond donors (Lipinski definition) is 4. The van der Waals surface area contributed by atoms with E-state index < -0.39 is 5.91 Å². The van der Waals surface area contributed by atoms with Crippen molar-refractivity contribution in [2.75, 3.05) is 18.5 Å². The fraction of sp³-hybridized carbons (Fsp3) is 0.176. The third kappa shape index (κ3) is 3.07. The molecule has 2 aromatic carbocycles. The molecule has 0 saturated heterocycles. The summed E-state index contributed by atoms with van der Waals surface area (Å²) in [6.07, 6.45) is 0.848. The first kappa shape index (κ1) is 15.3. The summed E-state index contributed by atoms with van der Waals surface area (Å²) in [5, 5.41) is 11.8. The summed E-state index contributed by atoms with van der Waals surface area (Å²) in [6.45, 7) is 1.24. The van der Waals surface area contributed by atoms with E-state index in [0.29, 0.717) is 41.9 Å². The van der Waals surface area contributed by atoms with Gasteiger partial charge in [-0.1, -0.05) is 6.07 Å². The average molecular weight is 340 g/mol. The maximum atomic E-state index is 11.5. The van der Waals surface area contributed by atoms with Crippen molar-refractivity contribution >= 4 is 28.6 Å². The van der Waals surface area contributed by atoms with Gasteiger partial charge in [-0.05, 0) is 18.2 Å². The van der Waals surface area contributed by atoms with Crippen molar-refractivity contribution < 1.29 is 19.5 Å². The van der Waals surface area contributed by atoms with Gasteiger partial charge in [0.05, 0.1) is 24.2 Å². The van der Waals surface area contributed by atoms with Crippen LogP contribution in [0, 0.1) is 0 Å². The van der Waals surface area contributed by atoms with Crippen molar-refractivity contribution in [2.24, 2.45) is 0 Å². The fourth-order valence-corrected chi connectivity index (χ4v) is 2.67. The number of anilines is 2. The number of aromatic amines is 1. The van der Waals surface area contributed by atoms with Crippen LogP contribution >= 0.6 is 0 Å². The Labute approximate surface area is 142 Å². The van der Waals surface area contributed by atoms with Crippen molar-refractivity contribution in [2.45, 2.75) is 6.42 Å². The number of hydroxylamine groups is 1. The lowest BCUT2D eigenvalue weighted by Crippen LogP contribution is -2.18. The van der Waals surface area contributed by atoms with Crippen LogP contribution in [-0.2, 0) is 0 Å². The number of amides is 1. The highest BCUT2D eigenvalue weighted by Crippen LogP contribution is 2.34. The summed E-state index contributed by atoms with van der Waals surface area (Å²) in [5.74, 6) is 1.33. The second kappa shape index (κ2) is 6.33. The molecule has 0 bridgehead atoms. The van der Waals surface area contributed by atoms with Gasteiger partial charge >= 0.3 is 0 Å². The highest BCUT2D eigenvalue weighted by atomic mass is 16.5. The van der Waals surface area contributed by atoms with E-state index in [1.54, 1.807) is 29.7 Å². The van der Waals surface area contributed by atoms with E-state index in [-0.39, 0.29) is 0 Å². The van der Waals surface area contributed by atoms with Crippen LogP contribution in [0.15, 0.2) is 36.4 Å². The number of carbonyl (C=O) groups is 1. The third-order valence-corrected chi connectivity index (χ3v) is 3.84. The van der Waals surface area contributed by atoms with Gasteiger partial charge in [0.15, 0.2) is 11.5 Å². The Morgan fingerprint density at radius 2 is 1.96 bits per heavy atom. The molecule has 8 heteroatoms. The van der Waals surface area contributed by atoms with Crippen molar-refractivity contribution in [3.63, 3.8) is 0 Å². The van der Waals surface area contributed by atoms with Crippen LogP contribution in [0.5, 0.6) is 11.5 Å². The predicted octanol–water partition coefficient (Wildman–Crippen LogP) is 2.59. The van der Waals surface area contributed by atoms with Crippen molar-refractivity contribution in [1.82, 2.24) is 15.4 Å². The first-order valence-electron chi connectivity index (χ1n) is 7.84. The van der Waals surface area contributed by atoms with Gasteiger partial charge in [0.1, 0.15) is 0 Å². The van der Waals surface area contributed by atoms with Gasteiger partial charge in [-0.3, -0.25) is 10.0 Å². The van der Waals surface area contributed by atoms with Gasteiger partial charge in [0.25, 0.3) is 5.91 Å². The largest absolute Gasteiger partial charge is 0.489 e. The first-order chi connectivity index (χ1) is 12.2. The van der Waals surface area contributed by atoms with Crippen LogP contribution < -0.4 is 20.3 Å². The summed E-state index contributed by atoms with van der Waals surface area (Å²) in [7, 11) is 0. The highest BCUT2D eigenvalue weighted by molar-refractivity contribution is 5.94. The van der Waals surface area contributed by atoms with Crippen LogP contribution in [-0.4, -0.2) is 34.3 Å². The number of carbonyl (C=O) groups excluding carboxylic acids is 1. The number of benzene rings is 2. The molecule has 25 heavy (non-hydrogen) atoms. The van der Waals surface area contributed by atoms with Crippen LogP contribution in [0.2, 0.25) is 0 Å². The normalized spacial score (nSPS) is 13.3. The maximum Gasteiger partial charge on any atom is 0.274 e. The molecule has 4 N–H and O–H groups in total. The topological polar surface area (TPSA) is 108 Å². The second-order valence-corrected chi connectivity index (χ2v) is 5.60. The Morgan fingerprint density at radius 1 is 1.16 bits per heavy atom. The second-order valence-electron chi connectivity index (χ2n) is 5.60. The highest BCUT2D eigenvalue weighted by Gasteiger charge is 2.14. The molecule has 3 aromatic rings. The summed E-state index contributed by atoms with van der Waals surface area (Å²) >= 11 is 0. The molecule has 4 rings (SSSR count). The monoisotopic (exact) mass is 340 g/mol. The molecule has 0 unspecified atom stereocenters. The molecule has 2 heterocycles. The van der Waals surface area contributed by atoms with Crippen molar-refractivity contribution in [1.29, 1.82) is 0 Å². The van der Waals surface area contributed by atoms with Gasteiger partial charge in [-0.15, -0.1) is 0 Å². The quantitative estimate of drug-likeness (QED) is 0.431. The lowest BCUT2D eigenvalue weighted by molar-refractivity contribution is 0.0706. The van der Waals surface area contributed by atoms with Crippen LogP contribution in [0.1, 0.15) is 16.8 Å². The minimum Gasteiger partial charge on any atom is -0.489 e. The number of nitrogens with one attached hydrogen (secondary N) is 3. The standard InChI is InChI=1S/C17H16N4O4/c22-16(21-23)10-3-1-4-11(7-10)18-17-19-12-8-14-15(9-13(12)20-17)25-6-2-5-24-14/h1,3-4,7-9,23H,2,5-6H2,(H,21,22)(H2,18,19,20). The molecule has 8 nitrogen and oxygen atoms in total. The van der Waals surface area contributed by atoms with Gasteiger partial charge < -0.3 is 19.8 Å². The smallest absolute Gasteiger partial charge is 0.274 e. The summed E-state index contributed by atoms with van der Waals surface area (Å²) < 4.78 is 11.3. The van der Waals surface area contributed by atoms with Crippen LogP contribution in [0.3, 0.4) is 0 Å². The fourth-order valence-electron chi connectivity index (χ4n) is 2.67. The lowest BCUT2D eigenvalue weighted by Gasteiger charge is -2.05. The van der Waals surface area contributed by atoms with Gasteiger partial charge in [-0.25, -0.2) is 10.5 Å². The summed E-state index contributed by atoms with van der Waals surface area (Å²) in [5.41, 5.74) is 4.17. The van der Waals surface area contributed by atoms with Crippen LogP contribution in [0.25, 0.3) is 11.0 Å². The number of rotatable bonds is 3. The zero-order chi connectivity index (χ0) is 17.2. The van der Waals surface area contributed by atoms with E-state index >= 15 is 0 Å². The molecule has 0 spiro atoms. The zero-order valence-corrected chi connectivity index (χ0v) is 13.2. The Bertz CT molecular complexity index is 895. The number of ether oxygens (including phenoxy) is 2. The molecule has 0 aliphatic carbocycles. The van der Waals surface area contributed by atoms with Gasteiger partial charge in [-0.2, -0.15) is 0 Å². The third-order valence-electron chi connectivity index (χ3n) is 3.84. The van der Waals surface area contributed by atoms with E-state index in [1.807, 2.05) is 12.1 Å². The number of fused-ring (bicyclic) bond motifs is 2. The Morgan fingerprint density at radius 3 is 2.76 bits per heavy atom. The van der Waals surface area contributed by atoms with E-state index in [1.165, 1.54) is 0 Å². The SMILES string of the molecule is O=C(NO)c1cccc(Nc2nc3cc4c(cc3[nH]2)OCCCO4)c1. The summed E-state index contributed by atoms with van der Waals surface area (Å²) in [6, 6.07) is 10.4. The van der Waals surface area contributed by atoms with Crippen molar-refractivity contribution in [3.05, 3.63) is 42.0 Å². The molecule has 1 aliphatic heterocycles. The molecular formula is C17H16N4O4. The molecule has 0 radical (unpaired) electrons. The molecule has 128 valence electrons. The molecule has 1 amide bonds. The lowest BCUT2D eigenvalue weighted by atomic mass is 10.2. The van der Waals surface area contributed by atoms with Crippen LogP contribution in [0.4, 0.5) is 11.6 Å². The van der Waals surface area contributed by atoms with E-state index in [0.717, 1.165) is 17.5 Å². The van der Waals surface area contributed by atoms with Crippen molar-refractivity contribution in [3.8, 4) is 11.5 Å². The Kier molecular flexibility index (Phi) is 3.87. The average Bonchev–Trinajstić information content (AvgIpc) is 2.86. The Hall–Kier alpha value is -3.26. The minimum atomic E-state index is -0.578. The molecule has 0 saturated carbocycles. The minimum absolute atomic E-state index is 0.331. The number of imidazole rings is 1. The van der Waals surface area contributed by atoms with Gasteiger partial charge in [0.2, 0.25) is 5.95 Å². The first-order valence-corrected chi connectivity index (χ1v) is 7.84. The number of nitrogens with zero attached hydrogens (tertiary/aromatic N) is 1. The molecule has 1 aromatic heterocycles. The van der Waals surface area contributed by atoms with E-state index in [2.05, 4.69) is 15.3 Å². The predicted molar refractivity (Wildman–Crippen MR) is 90.7 cm³/mol. The maximum absolute atomic E-state index is 11.5. The number of aromatic nitrogens is 2. The Balaban J connectivity index is 1.63. The van der Waals surface area contributed by atoms with E-state index in [9.17, 15) is 4.79 Å². The number of H-pyrrole nitrogens is 1. The molecule has 0 fully saturated rings. The molecular weight excluding hydrogens is 324 g/mol. The molecule has 1 aliphatic rings. The molecule has 0 atom stereocenters. The van der Waals surface area contributed by atoms with E-state index in [4.69, 9.17) is 14.7 Å². The zero-order valence-electron chi connectivity index (χ0n) is 13.2. The van der Waals surface area contributed by atoms with Gasteiger partial charge in [0, 0.05) is 29.8 Å².